The van der Waals surface area contributed by atoms with Crippen molar-refractivity contribution < 1.29 is 19.4 Å². The van der Waals surface area contributed by atoms with Gasteiger partial charge in [0.2, 0.25) is 0 Å². The van der Waals surface area contributed by atoms with Gasteiger partial charge in [-0.1, -0.05) is 19.7 Å². The van der Waals surface area contributed by atoms with E-state index in [0.29, 0.717) is 10.2 Å². The van der Waals surface area contributed by atoms with Gasteiger partial charge >= 0.3 is 11.9 Å². The first kappa shape index (κ1) is 24.6. The summed E-state index contributed by atoms with van der Waals surface area (Å²) in [6.45, 7) is 11.0. The predicted molar refractivity (Wildman–Crippen MR) is 104 cm³/mol. The average molecular weight is 524 g/mol. The summed E-state index contributed by atoms with van der Waals surface area (Å²) >= 11 is 9.96. The molecule has 1 rings (SSSR count). The molecule has 1 aromatic rings. The summed E-state index contributed by atoms with van der Waals surface area (Å²) in [6, 6.07) is 5.15. The summed E-state index contributed by atoms with van der Waals surface area (Å²) in [4.78, 5) is 20.5. The summed E-state index contributed by atoms with van der Waals surface area (Å²) in [5, 5.41) is 15.4. The lowest BCUT2D eigenvalue weighted by atomic mass is 10.3. The second kappa shape index (κ2) is 13.7. The monoisotopic (exact) mass is 521 g/mol. The SMILES string of the molecule is C=C(C)C(=O)O.C=CC#N.C=CC(=O)Oc1ccc(Br)c(Br)c1Br. The Kier molecular flexibility index (Phi) is 14.0. The van der Waals surface area contributed by atoms with Crippen LogP contribution in [-0.4, -0.2) is 17.0 Å². The third-order valence-corrected chi connectivity index (χ3v) is 5.17. The highest BCUT2D eigenvalue weighted by molar-refractivity contribution is 9.14. The highest BCUT2D eigenvalue weighted by Gasteiger charge is 2.10. The molecule has 0 amide bonds. The van der Waals surface area contributed by atoms with Crippen LogP contribution in [0, 0.1) is 11.3 Å². The number of esters is 1. The molecule has 0 radical (unpaired) electrons. The van der Waals surface area contributed by atoms with Crippen molar-refractivity contribution in [3.05, 3.63) is 63.0 Å². The summed E-state index contributed by atoms with van der Waals surface area (Å²) in [5.41, 5.74) is 0.176. The fourth-order valence-corrected chi connectivity index (χ4v) is 2.09. The summed E-state index contributed by atoms with van der Waals surface area (Å²) in [5.74, 6) is -0.972. The Balaban J connectivity index is 0. The second-order valence-corrected chi connectivity index (χ2v) is 6.16. The van der Waals surface area contributed by atoms with Crippen molar-refractivity contribution in [2.45, 2.75) is 6.92 Å². The highest BCUT2D eigenvalue weighted by Crippen LogP contribution is 2.37. The first-order valence-electron chi connectivity index (χ1n) is 5.99. The van der Waals surface area contributed by atoms with E-state index in [-0.39, 0.29) is 5.57 Å². The lowest BCUT2D eigenvalue weighted by Crippen LogP contribution is -2.03. The number of benzene rings is 1. The van der Waals surface area contributed by atoms with Gasteiger partial charge in [-0.25, -0.2) is 9.59 Å². The van der Waals surface area contributed by atoms with Gasteiger partial charge in [-0.15, -0.1) is 0 Å². The maximum Gasteiger partial charge on any atom is 0.335 e. The molecule has 5 nitrogen and oxygen atoms in total. The van der Waals surface area contributed by atoms with Crippen LogP contribution in [-0.2, 0) is 9.59 Å². The van der Waals surface area contributed by atoms with Crippen LogP contribution in [0.4, 0.5) is 0 Å². The van der Waals surface area contributed by atoms with E-state index in [1.54, 1.807) is 18.2 Å². The second-order valence-electron chi connectivity index (χ2n) is 3.72. The van der Waals surface area contributed by atoms with Gasteiger partial charge in [0, 0.05) is 26.7 Å². The topological polar surface area (TPSA) is 87.4 Å². The fourth-order valence-electron chi connectivity index (χ4n) is 0.737. The van der Waals surface area contributed by atoms with Crippen LogP contribution in [0.3, 0.4) is 0 Å². The average Bonchev–Trinajstić information content (AvgIpc) is 2.55. The van der Waals surface area contributed by atoms with E-state index >= 15 is 0 Å². The Morgan fingerprint density at radius 3 is 2.04 bits per heavy atom. The number of halogens is 3. The van der Waals surface area contributed by atoms with Crippen LogP contribution in [0.15, 0.2) is 63.0 Å². The van der Waals surface area contributed by atoms with E-state index in [9.17, 15) is 9.59 Å². The van der Waals surface area contributed by atoms with Crippen LogP contribution >= 0.6 is 47.8 Å². The largest absolute Gasteiger partial charge is 0.478 e. The van der Waals surface area contributed by atoms with E-state index in [0.717, 1.165) is 15.0 Å². The molecule has 1 aromatic carbocycles. The van der Waals surface area contributed by atoms with Gasteiger partial charge in [0.25, 0.3) is 0 Å². The van der Waals surface area contributed by atoms with Crippen molar-refractivity contribution in [2.75, 3.05) is 0 Å². The van der Waals surface area contributed by atoms with Crippen LogP contribution in [0.25, 0.3) is 0 Å². The maximum absolute atomic E-state index is 10.9. The molecule has 0 atom stereocenters. The van der Waals surface area contributed by atoms with Crippen LogP contribution < -0.4 is 4.74 Å². The number of carbonyl (C=O) groups excluding carboxylic acids is 1. The van der Waals surface area contributed by atoms with Gasteiger partial charge in [0.05, 0.1) is 10.5 Å². The molecule has 1 N–H and O–H groups in total. The molecular weight excluding hydrogens is 510 g/mol. The number of rotatable bonds is 3. The molecule has 0 saturated heterocycles. The number of carboxylic acid groups (broad SMARTS) is 1. The quantitative estimate of drug-likeness (QED) is 0.188. The van der Waals surface area contributed by atoms with E-state index in [4.69, 9.17) is 15.1 Å². The van der Waals surface area contributed by atoms with E-state index < -0.39 is 11.9 Å². The first-order valence-corrected chi connectivity index (χ1v) is 8.37. The molecule has 0 unspecified atom stereocenters. The Hall–Kier alpha value is -1.69. The van der Waals surface area contributed by atoms with Gasteiger partial charge in [0.1, 0.15) is 5.75 Å². The van der Waals surface area contributed by atoms with Crippen molar-refractivity contribution in [2.24, 2.45) is 0 Å². The number of nitriles is 1. The van der Waals surface area contributed by atoms with E-state index in [1.807, 2.05) is 0 Å². The van der Waals surface area contributed by atoms with Crippen molar-refractivity contribution >= 4 is 59.7 Å². The minimum Gasteiger partial charge on any atom is -0.478 e. The Labute approximate surface area is 165 Å². The number of aliphatic carboxylic acids is 1. The minimum absolute atomic E-state index is 0.176. The van der Waals surface area contributed by atoms with Crippen LogP contribution in [0.2, 0.25) is 0 Å². The zero-order valence-electron chi connectivity index (χ0n) is 12.7. The van der Waals surface area contributed by atoms with Gasteiger partial charge in [-0.2, -0.15) is 5.26 Å². The molecule has 0 heterocycles. The lowest BCUT2D eigenvalue weighted by Gasteiger charge is -2.06. The van der Waals surface area contributed by atoms with Gasteiger partial charge in [-0.05, 0) is 66.8 Å². The standard InChI is InChI=1S/C9H5Br3O2.C4H6O2.C3H3N/c1-2-7(13)14-6-4-3-5(10)8(11)9(6)12;1-3(2)4(5)6;1-2-3-4/h2-4H,1H2;1H2,2H3,(H,5,6);2H,1H2. The van der Waals surface area contributed by atoms with E-state index in [1.165, 1.54) is 13.0 Å². The Bertz CT molecular complexity index is 667. The van der Waals surface area contributed by atoms with Gasteiger partial charge < -0.3 is 9.84 Å². The van der Waals surface area contributed by atoms with E-state index in [2.05, 4.69) is 67.5 Å². The molecule has 0 bridgehead atoms. The molecule has 8 heteroatoms. The number of nitrogens with zero attached hydrogens (tertiary/aromatic N) is 1. The van der Waals surface area contributed by atoms with Crippen molar-refractivity contribution in [3.8, 4) is 11.8 Å². The smallest absolute Gasteiger partial charge is 0.335 e. The molecule has 0 aliphatic carbocycles. The molecule has 128 valence electrons. The lowest BCUT2D eigenvalue weighted by molar-refractivity contribution is -0.132. The Morgan fingerprint density at radius 2 is 1.71 bits per heavy atom. The molecule has 0 spiro atoms. The summed E-state index contributed by atoms with van der Waals surface area (Å²) in [6.07, 6.45) is 2.29. The van der Waals surface area contributed by atoms with Crippen LogP contribution in [0.1, 0.15) is 6.92 Å². The molecule has 0 aliphatic rings. The van der Waals surface area contributed by atoms with Crippen molar-refractivity contribution in [1.82, 2.24) is 0 Å². The molecule has 24 heavy (non-hydrogen) atoms. The third-order valence-electron chi connectivity index (χ3n) is 1.83. The summed E-state index contributed by atoms with van der Waals surface area (Å²) in [7, 11) is 0. The zero-order chi connectivity index (χ0) is 19.3. The van der Waals surface area contributed by atoms with Gasteiger partial charge in [0.15, 0.2) is 0 Å². The zero-order valence-corrected chi connectivity index (χ0v) is 17.4. The number of carbonyl (C=O) groups is 2. The normalized spacial score (nSPS) is 8.12. The summed E-state index contributed by atoms with van der Waals surface area (Å²) < 4.78 is 7.33. The fraction of sp³-hybridized carbons (Fsp3) is 0.0625. The number of ether oxygens (including phenoxy) is 1. The Morgan fingerprint density at radius 1 is 1.25 bits per heavy atom. The predicted octanol–water partition coefficient (Wildman–Crippen LogP) is 5.41. The number of carboxylic acids is 1. The molecule has 0 saturated carbocycles. The molecule has 0 fully saturated rings. The molecular formula is C16H14Br3NO4. The van der Waals surface area contributed by atoms with Crippen molar-refractivity contribution in [3.63, 3.8) is 0 Å². The van der Waals surface area contributed by atoms with Gasteiger partial charge in [-0.3, -0.25) is 0 Å². The first-order chi connectivity index (χ1) is 11.1. The number of allylic oxidation sites excluding steroid dienone is 1. The molecule has 0 aliphatic heterocycles. The number of hydrogen-bond donors (Lipinski definition) is 1. The molecule has 0 aromatic heterocycles. The van der Waals surface area contributed by atoms with Crippen molar-refractivity contribution in [1.29, 1.82) is 5.26 Å². The maximum atomic E-state index is 10.9. The minimum atomic E-state index is -0.935. The van der Waals surface area contributed by atoms with Crippen LogP contribution in [0.5, 0.6) is 5.75 Å². The third kappa shape index (κ3) is 10.9. The highest BCUT2D eigenvalue weighted by atomic mass is 79.9. The number of hydrogen-bond acceptors (Lipinski definition) is 4.